The average molecular weight is 327 g/mol. The summed E-state index contributed by atoms with van der Waals surface area (Å²) in [7, 11) is 0. The Balaban J connectivity index is 1.88. The Morgan fingerprint density at radius 1 is 1.04 bits per heavy atom. The van der Waals surface area contributed by atoms with Crippen LogP contribution < -0.4 is 4.74 Å². The van der Waals surface area contributed by atoms with E-state index in [1.165, 1.54) is 0 Å². The number of rotatable bonds is 5. The molecule has 0 aliphatic rings. The Kier molecular flexibility index (Phi) is 4.49. The predicted octanol–water partition coefficient (Wildman–Crippen LogP) is 4.57. The van der Waals surface area contributed by atoms with Crippen LogP contribution in [0.4, 0.5) is 0 Å². The molecule has 0 unspecified atom stereocenters. The number of carboxylic acids is 1. The van der Waals surface area contributed by atoms with Crippen molar-refractivity contribution in [3.05, 3.63) is 77.3 Å². The number of fused-ring (bicyclic) bond motifs is 1. The number of hydrogen-bond donors (Lipinski definition) is 1. The summed E-state index contributed by atoms with van der Waals surface area (Å²) in [6.45, 7) is 0. The minimum absolute atomic E-state index is 0.249. The fraction of sp³-hybridized carbons (Fsp3) is 0.105. The van der Waals surface area contributed by atoms with E-state index in [0.29, 0.717) is 10.8 Å². The zero-order chi connectivity index (χ0) is 16.2. The number of benzene rings is 3. The highest BCUT2D eigenvalue weighted by Crippen LogP contribution is 2.27. The zero-order valence-electron chi connectivity index (χ0n) is 12.3. The normalized spacial score (nSPS) is 12.0. The smallest absolute Gasteiger partial charge is 0.345 e. The van der Waals surface area contributed by atoms with Crippen LogP contribution in [0.3, 0.4) is 0 Å². The molecule has 1 atom stereocenters. The van der Waals surface area contributed by atoms with Gasteiger partial charge in [0, 0.05) is 16.8 Å². The van der Waals surface area contributed by atoms with E-state index in [0.717, 1.165) is 16.3 Å². The highest BCUT2D eigenvalue weighted by atomic mass is 35.5. The fourth-order valence-corrected chi connectivity index (χ4v) is 2.72. The largest absolute Gasteiger partial charge is 0.478 e. The molecule has 3 rings (SSSR count). The number of carbonyl (C=O) groups is 1. The van der Waals surface area contributed by atoms with Crippen LogP contribution in [0.2, 0.25) is 5.02 Å². The van der Waals surface area contributed by atoms with Gasteiger partial charge in [0.1, 0.15) is 5.75 Å². The Morgan fingerprint density at radius 2 is 1.78 bits per heavy atom. The molecule has 0 bridgehead atoms. The molecule has 0 heterocycles. The molecular weight excluding hydrogens is 312 g/mol. The van der Waals surface area contributed by atoms with Crippen LogP contribution in [-0.2, 0) is 11.2 Å². The summed E-state index contributed by atoms with van der Waals surface area (Å²) in [4.78, 5) is 11.6. The molecule has 0 saturated heterocycles. The second-order valence-corrected chi connectivity index (χ2v) is 5.69. The van der Waals surface area contributed by atoms with Gasteiger partial charge in [-0.15, -0.1) is 0 Å². The van der Waals surface area contributed by atoms with Gasteiger partial charge in [0.15, 0.2) is 6.10 Å². The molecule has 23 heavy (non-hydrogen) atoms. The lowest BCUT2D eigenvalue weighted by molar-refractivity contribution is -0.144. The van der Waals surface area contributed by atoms with E-state index in [1.54, 1.807) is 24.3 Å². The van der Waals surface area contributed by atoms with Crippen molar-refractivity contribution in [2.24, 2.45) is 0 Å². The predicted molar refractivity (Wildman–Crippen MR) is 91.2 cm³/mol. The number of ether oxygens (including phenoxy) is 1. The van der Waals surface area contributed by atoms with Gasteiger partial charge in [-0.05, 0) is 29.1 Å². The summed E-state index contributed by atoms with van der Waals surface area (Å²) in [5.74, 6) is -0.435. The third kappa shape index (κ3) is 3.63. The molecular formula is C19H15ClO3. The van der Waals surface area contributed by atoms with Crippen LogP contribution >= 0.6 is 11.6 Å². The summed E-state index contributed by atoms with van der Waals surface area (Å²) in [5, 5.41) is 12.0. The third-order valence-electron chi connectivity index (χ3n) is 3.60. The molecule has 0 aliphatic heterocycles. The van der Waals surface area contributed by atoms with Crippen molar-refractivity contribution < 1.29 is 14.6 Å². The summed E-state index contributed by atoms with van der Waals surface area (Å²) >= 11 is 5.96. The Bertz CT molecular complexity index is 839. The molecule has 0 spiro atoms. The lowest BCUT2D eigenvalue weighted by Gasteiger charge is -2.17. The Labute approximate surface area is 139 Å². The van der Waals surface area contributed by atoms with E-state index in [2.05, 4.69) is 0 Å². The molecule has 0 saturated carbocycles. The minimum Gasteiger partial charge on any atom is -0.478 e. The molecule has 0 amide bonds. The third-order valence-corrected chi connectivity index (χ3v) is 3.84. The van der Waals surface area contributed by atoms with Crippen LogP contribution in [0.25, 0.3) is 10.8 Å². The number of halogens is 1. The van der Waals surface area contributed by atoms with E-state index >= 15 is 0 Å². The number of carboxylic acid groups (broad SMARTS) is 1. The van der Waals surface area contributed by atoms with Crippen LogP contribution in [0.5, 0.6) is 5.75 Å². The first-order chi connectivity index (χ1) is 11.1. The van der Waals surface area contributed by atoms with E-state index in [-0.39, 0.29) is 6.42 Å². The summed E-state index contributed by atoms with van der Waals surface area (Å²) in [6, 6.07) is 20.5. The van der Waals surface area contributed by atoms with Crippen LogP contribution in [0, 0.1) is 0 Å². The quantitative estimate of drug-likeness (QED) is 0.747. The maximum atomic E-state index is 11.6. The summed E-state index contributed by atoms with van der Waals surface area (Å²) in [6.07, 6.45) is -0.724. The molecule has 0 fully saturated rings. The van der Waals surface area contributed by atoms with E-state index in [9.17, 15) is 9.90 Å². The standard InChI is InChI=1S/C19H15ClO3/c20-15-8-3-5-13(11-15)12-18(19(21)22)23-17-10-4-7-14-6-1-2-9-16(14)17/h1-11,18H,12H2,(H,21,22)/t18-/m0/s1. The van der Waals surface area contributed by atoms with Gasteiger partial charge in [0.25, 0.3) is 0 Å². The number of hydrogen-bond acceptors (Lipinski definition) is 2. The first-order valence-corrected chi connectivity index (χ1v) is 7.63. The molecule has 0 aliphatic carbocycles. The monoisotopic (exact) mass is 326 g/mol. The maximum Gasteiger partial charge on any atom is 0.345 e. The summed E-state index contributed by atoms with van der Waals surface area (Å²) < 4.78 is 5.79. The molecule has 3 aromatic carbocycles. The lowest BCUT2D eigenvalue weighted by Crippen LogP contribution is -2.29. The first-order valence-electron chi connectivity index (χ1n) is 7.25. The first kappa shape index (κ1) is 15.4. The van der Waals surface area contributed by atoms with Crippen LogP contribution in [0.15, 0.2) is 66.7 Å². The highest BCUT2D eigenvalue weighted by Gasteiger charge is 2.21. The molecule has 0 aromatic heterocycles. The van der Waals surface area contributed by atoms with Crippen molar-refractivity contribution in [2.45, 2.75) is 12.5 Å². The fourth-order valence-electron chi connectivity index (χ4n) is 2.51. The molecule has 0 radical (unpaired) electrons. The van der Waals surface area contributed by atoms with Crippen LogP contribution in [0.1, 0.15) is 5.56 Å². The van der Waals surface area contributed by atoms with Crippen molar-refractivity contribution >= 4 is 28.3 Å². The van der Waals surface area contributed by atoms with E-state index < -0.39 is 12.1 Å². The summed E-state index contributed by atoms with van der Waals surface area (Å²) in [5.41, 5.74) is 0.824. The van der Waals surface area contributed by atoms with E-state index in [1.807, 2.05) is 42.5 Å². The van der Waals surface area contributed by atoms with Crippen molar-refractivity contribution in [3.63, 3.8) is 0 Å². The van der Waals surface area contributed by atoms with Crippen molar-refractivity contribution in [3.8, 4) is 5.75 Å². The van der Waals surface area contributed by atoms with Gasteiger partial charge in [-0.25, -0.2) is 4.79 Å². The van der Waals surface area contributed by atoms with Gasteiger partial charge in [-0.2, -0.15) is 0 Å². The van der Waals surface area contributed by atoms with Gasteiger partial charge in [-0.3, -0.25) is 0 Å². The highest BCUT2D eigenvalue weighted by molar-refractivity contribution is 6.30. The average Bonchev–Trinajstić information content (AvgIpc) is 2.54. The van der Waals surface area contributed by atoms with Gasteiger partial charge >= 0.3 is 5.97 Å². The van der Waals surface area contributed by atoms with Gasteiger partial charge in [-0.1, -0.05) is 60.1 Å². The van der Waals surface area contributed by atoms with Crippen molar-refractivity contribution in [1.29, 1.82) is 0 Å². The van der Waals surface area contributed by atoms with Gasteiger partial charge in [0.05, 0.1) is 0 Å². The van der Waals surface area contributed by atoms with Gasteiger partial charge in [0.2, 0.25) is 0 Å². The molecule has 4 heteroatoms. The lowest BCUT2D eigenvalue weighted by atomic mass is 10.1. The molecule has 116 valence electrons. The zero-order valence-corrected chi connectivity index (χ0v) is 13.0. The molecule has 3 nitrogen and oxygen atoms in total. The topological polar surface area (TPSA) is 46.5 Å². The SMILES string of the molecule is O=C(O)[C@H](Cc1cccc(Cl)c1)Oc1cccc2ccccc12. The van der Waals surface area contributed by atoms with Gasteiger partial charge < -0.3 is 9.84 Å². The Hall–Kier alpha value is -2.52. The van der Waals surface area contributed by atoms with Crippen LogP contribution in [-0.4, -0.2) is 17.2 Å². The Morgan fingerprint density at radius 3 is 2.57 bits per heavy atom. The number of aliphatic carboxylic acids is 1. The molecule has 1 N–H and O–H groups in total. The van der Waals surface area contributed by atoms with Crippen molar-refractivity contribution in [1.82, 2.24) is 0 Å². The van der Waals surface area contributed by atoms with Crippen molar-refractivity contribution in [2.75, 3.05) is 0 Å². The minimum atomic E-state index is -1.00. The van der Waals surface area contributed by atoms with E-state index in [4.69, 9.17) is 16.3 Å². The second-order valence-electron chi connectivity index (χ2n) is 5.26. The second kappa shape index (κ2) is 6.71. The molecule has 3 aromatic rings. The maximum absolute atomic E-state index is 11.6.